The summed E-state index contributed by atoms with van der Waals surface area (Å²) in [6.45, 7) is 1.94. The molecule has 4 N–H and O–H groups in total. The highest BCUT2D eigenvalue weighted by atomic mass is 16.4. The summed E-state index contributed by atoms with van der Waals surface area (Å²) in [7, 11) is 0. The zero-order chi connectivity index (χ0) is 16.3. The van der Waals surface area contributed by atoms with Crippen LogP contribution in [0.4, 0.5) is 0 Å². The summed E-state index contributed by atoms with van der Waals surface area (Å²) in [5.41, 5.74) is -0.730. The molecule has 2 atom stereocenters. The van der Waals surface area contributed by atoms with Gasteiger partial charge in [0.2, 0.25) is 0 Å². The molecule has 0 amide bonds. The Morgan fingerprint density at radius 3 is 2.55 bits per heavy atom. The Balaban J connectivity index is 2.24. The fourth-order valence-corrected chi connectivity index (χ4v) is 2.52. The maximum absolute atomic E-state index is 11.9. The van der Waals surface area contributed by atoms with Gasteiger partial charge in [-0.1, -0.05) is 13.3 Å². The van der Waals surface area contributed by atoms with E-state index in [1.807, 2.05) is 6.92 Å². The molecule has 6 nitrogen and oxygen atoms in total. The van der Waals surface area contributed by atoms with Crippen molar-refractivity contribution in [2.75, 3.05) is 0 Å². The fraction of sp³-hybridized carbons (Fsp3) is 0.438. The van der Waals surface area contributed by atoms with Crippen LogP contribution in [0.1, 0.15) is 31.9 Å². The number of fused-ring (bicyclic) bond motifs is 1. The van der Waals surface area contributed by atoms with E-state index < -0.39 is 17.8 Å². The summed E-state index contributed by atoms with van der Waals surface area (Å²) >= 11 is 0. The largest absolute Gasteiger partial charge is 0.508 e. The molecule has 1 heterocycles. The molecule has 1 aromatic heterocycles. The third kappa shape index (κ3) is 3.78. The van der Waals surface area contributed by atoms with Crippen LogP contribution in [0.5, 0.6) is 11.5 Å². The van der Waals surface area contributed by atoms with Gasteiger partial charge in [-0.05, 0) is 30.4 Å². The second-order valence-electron chi connectivity index (χ2n) is 5.47. The number of phenols is 2. The Morgan fingerprint density at radius 2 is 1.86 bits per heavy atom. The molecule has 0 aliphatic carbocycles. The first-order valence-electron chi connectivity index (χ1n) is 7.25. The number of aliphatic hydroxyl groups is 2. The monoisotopic (exact) mass is 308 g/mol. The van der Waals surface area contributed by atoms with Gasteiger partial charge in [-0.2, -0.15) is 0 Å². The molecule has 0 spiro atoms. The zero-order valence-electron chi connectivity index (χ0n) is 12.3. The Morgan fingerprint density at radius 1 is 1.14 bits per heavy atom. The van der Waals surface area contributed by atoms with Gasteiger partial charge < -0.3 is 24.8 Å². The molecule has 2 unspecified atom stereocenters. The zero-order valence-corrected chi connectivity index (χ0v) is 12.3. The topological polar surface area (TPSA) is 111 Å². The third-order valence-corrected chi connectivity index (χ3v) is 3.48. The highest BCUT2D eigenvalue weighted by Gasteiger charge is 2.16. The van der Waals surface area contributed by atoms with Gasteiger partial charge in [0.1, 0.15) is 22.6 Å². The lowest BCUT2D eigenvalue weighted by Crippen LogP contribution is -2.20. The molecule has 0 aliphatic heterocycles. The second-order valence-corrected chi connectivity index (χ2v) is 5.47. The average molecular weight is 308 g/mol. The van der Waals surface area contributed by atoms with Gasteiger partial charge in [-0.3, -0.25) is 0 Å². The van der Waals surface area contributed by atoms with E-state index in [0.29, 0.717) is 11.8 Å². The van der Waals surface area contributed by atoms with E-state index in [4.69, 9.17) is 4.42 Å². The molecular weight excluding hydrogens is 288 g/mol. The minimum atomic E-state index is -0.840. The predicted molar refractivity (Wildman–Crippen MR) is 81.1 cm³/mol. The molecule has 0 fully saturated rings. The highest BCUT2D eigenvalue weighted by molar-refractivity contribution is 5.88. The van der Waals surface area contributed by atoms with Crippen molar-refractivity contribution in [1.82, 2.24) is 0 Å². The van der Waals surface area contributed by atoms with Gasteiger partial charge >= 0.3 is 5.63 Å². The van der Waals surface area contributed by atoms with Crippen LogP contribution in [0.25, 0.3) is 10.8 Å². The summed E-state index contributed by atoms with van der Waals surface area (Å²) in [6.07, 6.45) is 0.245. The molecule has 0 saturated heterocycles. The summed E-state index contributed by atoms with van der Waals surface area (Å²) in [6, 6.07) is 3.90. The summed E-state index contributed by atoms with van der Waals surface area (Å²) in [4.78, 5) is 11.9. The van der Waals surface area contributed by atoms with Crippen molar-refractivity contribution in [2.45, 2.75) is 44.8 Å². The summed E-state index contributed by atoms with van der Waals surface area (Å²) in [5, 5.41) is 39.1. The van der Waals surface area contributed by atoms with E-state index in [2.05, 4.69) is 0 Å². The van der Waals surface area contributed by atoms with Gasteiger partial charge in [-0.15, -0.1) is 0 Å². The van der Waals surface area contributed by atoms with Crippen LogP contribution in [-0.2, 0) is 6.42 Å². The molecule has 6 heteroatoms. The number of aliphatic hydroxyl groups excluding tert-OH is 2. The third-order valence-electron chi connectivity index (χ3n) is 3.48. The first-order valence-corrected chi connectivity index (χ1v) is 7.25. The Labute approximate surface area is 127 Å². The standard InChI is InChI=1S/C16H20O6/c1-2-3-10(17)6-12(19)7-13-5-9-4-11(18)8-14(20)15(9)16(21)22-13/h4-5,8,10,12,17-20H,2-3,6-7H2,1H3. The van der Waals surface area contributed by atoms with Gasteiger partial charge in [0.05, 0.1) is 12.2 Å². The minimum Gasteiger partial charge on any atom is -0.508 e. The number of hydrogen-bond donors (Lipinski definition) is 4. The molecule has 0 radical (unpaired) electrons. The predicted octanol–water partition coefficient (Wildman–Crippen LogP) is 1.66. The van der Waals surface area contributed by atoms with Crippen LogP contribution in [0.2, 0.25) is 0 Å². The molecule has 22 heavy (non-hydrogen) atoms. The van der Waals surface area contributed by atoms with Crippen LogP contribution >= 0.6 is 0 Å². The fourth-order valence-electron chi connectivity index (χ4n) is 2.52. The van der Waals surface area contributed by atoms with Gasteiger partial charge in [-0.25, -0.2) is 4.79 Å². The lowest BCUT2D eigenvalue weighted by Gasteiger charge is -2.14. The number of phenolic OH excluding ortho intramolecular Hbond substituents is 2. The number of rotatable bonds is 6. The van der Waals surface area contributed by atoms with Crippen molar-refractivity contribution < 1.29 is 24.8 Å². The van der Waals surface area contributed by atoms with Crippen LogP contribution in [0.3, 0.4) is 0 Å². The van der Waals surface area contributed by atoms with Crippen molar-refractivity contribution in [1.29, 1.82) is 0 Å². The molecule has 0 bridgehead atoms. The number of hydrogen-bond acceptors (Lipinski definition) is 6. The van der Waals surface area contributed by atoms with Crippen molar-refractivity contribution in [3.63, 3.8) is 0 Å². The SMILES string of the molecule is CCCC(O)CC(O)Cc1cc2cc(O)cc(O)c2c(=O)o1. The van der Waals surface area contributed by atoms with Crippen LogP contribution in [0.15, 0.2) is 27.4 Å². The van der Waals surface area contributed by atoms with Crippen molar-refractivity contribution in [2.24, 2.45) is 0 Å². The van der Waals surface area contributed by atoms with Crippen LogP contribution in [0, 0.1) is 0 Å². The van der Waals surface area contributed by atoms with E-state index in [1.54, 1.807) is 0 Å². The minimum absolute atomic E-state index is 0.0120. The van der Waals surface area contributed by atoms with Crippen LogP contribution in [-0.4, -0.2) is 32.6 Å². The first kappa shape index (κ1) is 16.3. The van der Waals surface area contributed by atoms with Gasteiger partial charge in [0.15, 0.2) is 0 Å². The van der Waals surface area contributed by atoms with Crippen LogP contribution < -0.4 is 5.63 Å². The molecule has 2 aromatic rings. The lowest BCUT2D eigenvalue weighted by molar-refractivity contribution is 0.0724. The van der Waals surface area contributed by atoms with Gasteiger partial charge in [0, 0.05) is 12.5 Å². The molecule has 120 valence electrons. The normalized spacial score (nSPS) is 14.1. The molecule has 1 aromatic carbocycles. The highest BCUT2D eigenvalue weighted by Crippen LogP contribution is 2.28. The average Bonchev–Trinajstić information content (AvgIpc) is 2.36. The summed E-state index contributed by atoms with van der Waals surface area (Å²) in [5.74, 6) is -0.284. The molecular formula is C16H20O6. The van der Waals surface area contributed by atoms with E-state index >= 15 is 0 Å². The van der Waals surface area contributed by atoms with Crippen molar-refractivity contribution in [3.05, 3.63) is 34.4 Å². The number of aromatic hydroxyl groups is 2. The van der Waals surface area contributed by atoms with E-state index in [-0.39, 0.29) is 35.5 Å². The maximum atomic E-state index is 11.9. The molecule has 0 saturated carbocycles. The quantitative estimate of drug-likeness (QED) is 0.646. The Bertz CT molecular complexity index is 706. The van der Waals surface area contributed by atoms with Crippen molar-refractivity contribution >= 4 is 10.8 Å². The second kappa shape index (κ2) is 6.81. The molecule has 0 aliphatic rings. The first-order chi connectivity index (χ1) is 10.4. The lowest BCUT2D eigenvalue weighted by atomic mass is 10.0. The Hall–Kier alpha value is -2.05. The number of benzene rings is 1. The van der Waals surface area contributed by atoms with E-state index in [1.165, 1.54) is 12.1 Å². The smallest absolute Gasteiger partial charge is 0.347 e. The van der Waals surface area contributed by atoms with Crippen molar-refractivity contribution in [3.8, 4) is 11.5 Å². The molecule has 2 rings (SSSR count). The van der Waals surface area contributed by atoms with E-state index in [9.17, 15) is 25.2 Å². The Kier molecular flexibility index (Phi) is 5.05. The van der Waals surface area contributed by atoms with E-state index in [0.717, 1.165) is 12.5 Å². The summed E-state index contributed by atoms with van der Waals surface area (Å²) < 4.78 is 5.08. The van der Waals surface area contributed by atoms with Gasteiger partial charge in [0.25, 0.3) is 0 Å². The maximum Gasteiger partial charge on any atom is 0.347 e.